The summed E-state index contributed by atoms with van der Waals surface area (Å²) in [6.07, 6.45) is 0.545. The van der Waals surface area contributed by atoms with Gasteiger partial charge in [0.05, 0.1) is 5.41 Å². The lowest BCUT2D eigenvalue weighted by Gasteiger charge is -2.26. The molecular weight excluding hydrogens is 228 g/mol. The second kappa shape index (κ2) is 4.31. The van der Waals surface area contributed by atoms with Crippen LogP contribution in [0.15, 0.2) is 5.11 Å². The van der Waals surface area contributed by atoms with E-state index in [1.54, 1.807) is 13.8 Å². The zero-order valence-electron chi connectivity index (χ0n) is 10.3. The van der Waals surface area contributed by atoms with Crippen molar-refractivity contribution >= 4 is 11.9 Å². The number of nitrogens with zero attached hydrogens (tertiary/aromatic N) is 2. The highest BCUT2D eigenvalue weighted by Gasteiger charge is 2.54. The van der Waals surface area contributed by atoms with E-state index < -0.39 is 22.9 Å². The van der Waals surface area contributed by atoms with E-state index in [4.69, 9.17) is 0 Å². The van der Waals surface area contributed by atoms with Crippen LogP contribution in [0.4, 0.5) is 0 Å². The molecule has 0 radical (unpaired) electrons. The highest BCUT2D eigenvalue weighted by molar-refractivity contribution is 5.81. The molecule has 96 valence electrons. The van der Waals surface area contributed by atoms with Crippen LogP contribution >= 0.6 is 0 Å². The molecule has 1 aliphatic rings. The smallest absolute Gasteiger partial charge is 0.431 e. The van der Waals surface area contributed by atoms with E-state index in [-0.39, 0.29) is 11.4 Å². The van der Waals surface area contributed by atoms with Crippen LogP contribution in [0, 0.1) is 10.6 Å². The second-order valence-electron chi connectivity index (χ2n) is 4.83. The lowest BCUT2D eigenvalue weighted by Crippen LogP contribution is -2.54. The van der Waals surface area contributed by atoms with Gasteiger partial charge in [0.1, 0.15) is 0 Å². The van der Waals surface area contributed by atoms with Gasteiger partial charge in [0.2, 0.25) is 0 Å². The van der Waals surface area contributed by atoms with Crippen molar-refractivity contribution in [3.05, 3.63) is 5.21 Å². The van der Waals surface area contributed by atoms with Crippen molar-refractivity contribution in [1.29, 1.82) is 0 Å². The Morgan fingerprint density at radius 3 is 2.41 bits per heavy atom. The molecule has 0 fully saturated rings. The average Bonchev–Trinajstić information content (AvgIpc) is 2.32. The number of carbonyl (C=O) groups is 2. The quantitative estimate of drug-likeness (QED) is 0.321. The molecule has 0 saturated carbocycles. The third-order valence-electron chi connectivity index (χ3n) is 3.00. The summed E-state index contributed by atoms with van der Waals surface area (Å²) in [5, 5.41) is 14.4. The minimum Gasteiger partial charge on any atom is -0.599 e. The molecule has 0 amide bonds. The third-order valence-corrected chi connectivity index (χ3v) is 3.00. The van der Waals surface area contributed by atoms with Gasteiger partial charge < -0.3 is 5.21 Å². The molecule has 1 aliphatic heterocycles. The first kappa shape index (κ1) is 13.4. The van der Waals surface area contributed by atoms with Crippen LogP contribution in [0.5, 0.6) is 0 Å². The number of rotatable bonds is 3. The van der Waals surface area contributed by atoms with E-state index in [0.29, 0.717) is 6.42 Å². The zero-order valence-corrected chi connectivity index (χ0v) is 10.3. The molecule has 1 atom stereocenters. The first-order valence-electron chi connectivity index (χ1n) is 5.32. The van der Waals surface area contributed by atoms with Crippen molar-refractivity contribution in [3.8, 4) is 0 Å². The van der Waals surface area contributed by atoms with E-state index in [0.717, 1.165) is 0 Å². The number of hydrogen-bond acceptors (Lipinski definition) is 6. The number of hydrogen-bond donors (Lipinski definition) is 0. The van der Waals surface area contributed by atoms with E-state index >= 15 is 0 Å². The Hall–Kier alpha value is -1.66. The summed E-state index contributed by atoms with van der Waals surface area (Å²) in [6, 6.07) is 0. The van der Waals surface area contributed by atoms with Gasteiger partial charge in [-0.3, -0.25) is 0 Å². The first-order chi connectivity index (χ1) is 7.74. The SMILES string of the molecule is CCC(C)(C)C(=O)OOC(=O)C1(C)CN=[N+]1[O-]. The van der Waals surface area contributed by atoms with Crippen LogP contribution in [0.1, 0.15) is 34.1 Å². The molecule has 0 aromatic carbocycles. The fourth-order valence-corrected chi connectivity index (χ4v) is 0.906. The largest absolute Gasteiger partial charge is 0.599 e. The summed E-state index contributed by atoms with van der Waals surface area (Å²) in [6.45, 7) is 6.56. The lowest BCUT2D eigenvalue weighted by atomic mass is 9.91. The van der Waals surface area contributed by atoms with Gasteiger partial charge in [-0.05, 0) is 25.4 Å². The second-order valence-corrected chi connectivity index (χ2v) is 4.83. The Morgan fingerprint density at radius 2 is 2.06 bits per heavy atom. The lowest BCUT2D eigenvalue weighted by molar-refractivity contribution is -0.637. The maximum Gasteiger partial charge on any atom is 0.431 e. The molecule has 0 N–H and O–H groups in total. The molecule has 17 heavy (non-hydrogen) atoms. The Morgan fingerprint density at radius 1 is 1.47 bits per heavy atom. The maximum atomic E-state index is 11.5. The minimum atomic E-state index is -1.38. The van der Waals surface area contributed by atoms with Crippen LogP contribution in [0.3, 0.4) is 0 Å². The number of carbonyl (C=O) groups excluding carboxylic acids is 2. The standard InChI is InChI=1S/C10H16N2O5/c1-5-9(2,3)7(13)16-17-8(14)10(4)6-11-12(10)15/h5-6H2,1-4H3. The number of hydroxylamine groups is 1. The van der Waals surface area contributed by atoms with Crippen molar-refractivity contribution in [3.63, 3.8) is 0 Å². The molecule has 1 heterocycles. The maximum absolute atomic E-state index is 11.5. The average molecular weight is 244 g/mol. The number of azo groups is 1. The van der Waals surface area contributed by atoms with Gasteiger partial charge in [-0.15, -0.1) is 0 Å². The molecule has 0 saturated heterocycles. The van der Waals surface area contributed by atoms with Crippen LogP contribution in [0.2, 0.25) is 0 Å². The predicted molar refractivity (Wildman–Crippen MR) is 55.6 cm³/mol. The first-order valence-corrected chi connectivity index (χ1v) is 5.32. The van der Waals surface area contributed by atoms with Crippen molar-refractivity contribution in [2.75, 3.05) is 6.54 Å². The third kappa shape index (κ3) is 2.37. The van der Waals surface area contributed by atoms with Crippen LogP contribution in [-0.4, -0.2) is 28.9 Å². The van der Waals surface area contributed by atoms with Crippen LogP contribution < -0.4 is 0 Å². The van der Waals surface area contributed by atoms with Crippen molar-refractivity contribution in [2.24, 2.45) is 10.5 Å². The minimum absolute atomic E-state index is 0.0318. The molecular formula is C10H16N2O5. The van der Waals surface area contributed by atoms with Gasteiger partial charge >= 0.3 is 17.5 Å². The fraction of sp³-hybridized carbons (Fsp3) is 0.800. The predicted octanol–water partition coefficient (Wildman–Crippen LogP) is 1.16. The Kier molecular flexibility index (Phi) is 3.40. The van der Waals surface area contributed by atoms with E-state index in [1.165, 1.54) is 6.92 Å². The molecule has 7 heteroatoms. The summed E-state index contributed by atoms with van der Waals surface area (Å²) in [4.78, 5) is 32.0. The Labute approximate surface area is 98.9 Å². The van der Waals surface area contributed by atoms with E-state index in [2.05, 4.69) is 14.9 Å². The van der Waals surface area contributed by atoms with Gasteiger partial charge in [-0.2, -0.15) is 0 Å². The van der Waals surface area contributed by atoms with E-state index in [9.17, 15) is 14.8 Å². The topological polar surface area (TPSA) is 91.0 Å². The Bertz CT molecular complexity index is 377. The van der Waals surface area contributed by atoms with Crippen molar-refractivity contribution in [2.45, 2.75) is 39.7 Å². The van der Waals surface area contributed by atoms with E-state index in [1.807, 2.05) is 6.92 Å². The monoisotopic (exact) mass is 244 g/mol. The van der Waals surface area contributed by atoms with Crippen molar-refractivity contribution < 1.29 is 24.2 Å². The van der Waals surface area contributed by atoms with Gasteiger partial charge in [0.15, 0.2) is 6.54 Å². The molecule has 7 nitrogen and oxygen atoms in total. The summed E-state index contributed by atoms with van der Waals surface area (Å²) < 4.78 is 0. The van der Waals surface area contributed by atoms with Gasteiger partial charge in [0, 0.05) is 6.92 Å². The van der Waals surface area contributed by atoms with Crippen molar-refractivity contribution in [1.82, 2.24) is 0 Å². The Balaban J connectivity index is 2.51. The fourth-order valence-electron chi connectivity index (χ4n) is 0.906. The highest BCUT2D eigenvalue weighted by Crippen LogP contribution is 2.24. The molecule has 0 aromatic heterocycles. The zero-order chi connectivity index (χ0) is 13.3. The molecule has 0 bridgehead atoms. The molecule has 0 aliphatic carbocycles. The van der Waals surface area contributed by atoms with Crippen LogP contribution in [-0.2, 0) is 19.4 Å². The molecule has 0 spiro atoms. The highest BCUT2D eigenvalue weighted by atomic mass is 17.2. The summed E-state index contributed by atoms with van der Waals surface area (Å²) in [7, 11) is 0. The molecule has 1 unspecified atom stereocenters. The van der Waals surface area contributed by atoms with Crippen LogP contribution in [0.25, 0.3) is 0 Å². The normalized spacial score (nSPS) is 23.4. The molecule has 1 rings (SSSR count). The van der Waals surface area contributed by atoms with Gasteiger partial charge in [-0.1, -0.05) is 11.8 Å². The summed E-state index contributed by atoms with van der Waals surface area (Å²) >= 11 is 0. The molecule has 0 aromatic rings. The summed E-state index contributed by atoms with van der Waals surface area (Å²) in [5.74, 6) is -1.56. The summed E-state index contributed by atoms with van der Waals surface area (Å²) in [5.41, 5.74) is -2.11. The van der Waals surface area contributed by atoms with Gasteiger partial charge in [-0.25, -0.2) is 19.4 Å². The van der Waals surface area contributed by atoms with Gasteiger partial charge in [0.25, 0.3) is 0 Å².